The van der Waals surface area contributed by atoms with Gasteiger partial charge in [0.05, 0.1) is 13.7 Å². The van der Waals surface area contributed by atoms with Crippen LogP contribution in [0.2, 0.25) is 0 Å². The Morgan fingerprint density at radius 3 is 2.44 bits per heavy atom. The van der Waals surface area contributed by atoms with Crippen LogP contribution in [0.5, 0.6) is 0 Å². The maximum absolute atomic E-state index is 11.8. The molecule has 0 saturated carbocycles. The van der Waals surface area contributed by atoms with E-state index in [9.17, 15) is 9.59 Å². The number of benzene rings is 1. The number of alkyl carbamates (subject to hydrolysis) is 1. The SMILES string of the molecule is CCOC(=O)C(NC(=O)OC)c1ccc(N)cc1. The number of nitrogens with two attached hydrogens (primary N) is 1. The highest BCUT2D eigenvalue weighted by molar-refractivity contribution is 5.82. The largest absolute Gasteiger partial charge is 0.464 e. The number of amides is 1. The summed E-state index contributed by atoms with van der Waals surface area (Å²) in [5, 5.41) is 2.41. The molecule has 1 aromatic rings. The predicted molar refractivity (Wildman–Crippen MR) is 65.8 cm³/mol. The first-order valence-electron chi connectivity index (χ1n) is 5.45. The molecule has 1 rings (SSSR count). The Morgan fingerprint density at radius 1 is 1.33 bits per heavy atom. The zero-order valence-corrected chi connectivity index (χ0v) is 10.3. The minimum Gasteiger partial charge on any atom is -0.464 e. The molecule has 6 nitrogen and oxygen atoms in total. The van der Waals surface area contributed by atoms with Gasteiger partial charge in [-0.1, -0.05) is 12.1 Å². The smallest absolute Gasteiger partial charge is 0.407 e. The van der Waals surface area contributed by atoms with Crippen LogP contribution in [0.4, 0.5) is 10.5 Å². The van der Waals surface area contributed by atoms with Crippen LogP contribution >= 0.6 is 0 Å². The topological polar surface area (TPSA) is 90.6 Å². The summed E-state index contributed by atoms with van der Waals surface area (Å²) in [7, 11) is 1.22. The molecule has 1 amide bonds. The first kappa shape index (κ1) is 13.8. The summed E-state index contributed by atoms with van der Waals surface area (Å²) in [5.74, 6) is -0.548. The molecule has 0 radical (unpaired) electrons. The molecule has 0 bridgehead atoms. The predicted octanol–water partition coefficient (Wildman–Crippen LogP) is 1.23. The zero-order chi connectivity index (χ0) is 13.5. The van der Waals surface area contributed by atoms with Crippen LogP contribution in [0.15, 0.2) is 24.3 Å². The second kappa shape index (κ2) is 6.48. The van der Waals surface area contributed by atoms with E-state index in [1.165, 1.54) is 7.11 Å². The van der Waals surface area contributed by atoms with Gasteiger partial charge in [-0.05, 0) is 24.6 Å². The number of hydrogen-bond acceptors (Lipinski definition) is 5. The molecule has 0 saturated heterocycles. The van der Waals surface area contributed by atoms with Gasteiger partial charge in [0.15, 0.2) is 6.04 Å². The Labute approximate surface area is 105 Å². The normalized spacial score (nSPS) is 11.4. The van der Waals surface area contributed by atoms with Gasteiger partial charge in [0, 0.05) is 5.69 Å². The van der Waals surface area contributed by atoms with Gasteiger partial charge >= 0.3 is 12.1 Å². The average Bonchev–Trinajstić information content (AvgIpc) is 2.37. The third kappa shape index (κ3) is 3.65. The molecule has 18 heavy (non-hydrogen) atoms. The summed E-state index contributed by atoms with van der Waals surface area (Å²) in [6, 6.07) is 5.67. The summed E-state index contributed by atoms with van der Waals surface area (Å²) in [6.07, 6.45) is -0.704. The summed E-state index contributed by atoms with van der Waals surface area (Å²) in [5.41, 5.74) is 6.71. The van der Waals surface area contributed by atoms with Gasteiger partial charge in [0.25, 0.3) is 0 Å². The van der Waals surface area contributed by atoms with Crippen molar-refractivity contribution in [2.75, 3.05) is 19.5 Å². The second-order valence-electron chi connectivity index (χ2n) is 3.49. The van der Waals surface area contributed by atoms with Gasteiger partial charge in [-0.15, -0.1) is 0 Å². The fourth-order valence-corrected chi connectivity index (χ4v) is 1.37. The average molecular weight is 252 g/mol. The fraction of sp³-hybridized carbons (Fsp3) is 0.333. The molecule has 0 spiro atoms. The Bertz CT molecular complexity index is 417. The van der Waals surface area contributed by atoms with Crippen molar-refractivity contribution in [2.24, 2.45) is 0 Å². The van der Waals surface area contributed by atoms with Gasteiger partial charge in [-0.2, -0.15) is 0 Å². The molecule has 1 unspecified atom stereocenters. The van der Waals surface area contributed by atoms with Crippen LogP contribution in [0, 0.1) is 0 Å². The molecule has 0 fully saturated rings. The molecule has 6 heteroatoms. The van der Waals surface area contributed by atoms with Crippen LogP contribution in [-0.4, -0.2) is 25.8 Å². The molecule has 0 heterocycles. The number of rotatable bonds is 4. The lowest BCUT2D eigenvalue weighted by Gasteiger charge is -2.16. The molecular weight excluding hydrogens is 236 g/mol. The minimum atomic E-state index is -0.905. The number of esters is 1. The maximum Gasteiger partial charge on any atom is 0.407 e. The number of methoxy groups -OCH3 is 1. The van der Waals surface area contributed by atoms with Crippen LogP contribution in [0.1, 0.15) is 18.5 Å². The lowest BCUT2D eigenvalue weighted by atomic mass is 10.1. The van der Waals surface area contributed by atoms with E-state index in [1.807, 2.05) is 0 Å². The number of nitrogens with one attached hydrogen (secondary N) is 1. The van der Waals surface area contributed by atoms with Gasteiger partial charge < -0.3 is 20.5 Å². The van der Waals surface area contributed by atoms with Crippen molar-refractivity contribution in [3.8, 4) is 0 Å². The van der Waals surface area contributed by atoms with E-state index in [4.69, 9.17) is 10.5 Å². The molecule has 3 N–H and O–H groups in total. The Morgan fingerprint density at radius 2 is 1.94 bits per heavy atom. The monoisotopic (exact) mass is 252 g/mol. The lowest BCUT2D eigenvalue weighted by Crippen LogP contribution is -2.34. The number of hydrogen-bond donors (Lipinski definition) is 2. The Kier molecular flexibility index (Phi) is 4.98. The van der Waals surface area contributed by atoms with E-state index < -0.39 is 18.1 Å². The van der Waals surface area contributed by atoms with Crippen molar-refractivity contribution in [3.63, 3.8) is 0 Å². The summed E-state index contributed by atoms with van der Waals surface area (Å²) >= 11 is 0. The summed E-state index contributed by atoms with van der Waals surface area (Å²) in [6.45, 7) is 1.92. The van der Waals surface area contributed by atoms with Crippen molar-refractivity contribution in [3.05, 3.63) is 29.8 Å². The van der Waals surface area contributed by atoms with Gasteiger partial charge in [0.2, 0.25) is 0 Å². The van der Waals surface area contributed by atoms with Crippen LogP contribution in [0.25, 0.3) is 0 Å². The highest BCUT2D eigenvalue weighted by Gasteiger charge is 2.24. The second-order valence-corrected chi connectivity index (χ2v) is 3.49. The van der Waals surface area contributed by atoms with Gasteiger partial charge in [-0.25, -0.2) is 9.59 Å². The first-order valence-corrected chi connectivity index (χ1v) is 5.45. The number of carbonyl (C=O) groups is 2. The number of carbonyl (C=O) groups excluding carboxylic acids is 2. The number of anilines is 1. The van der Waals surface area contributed by atoms with Crippen LogP contribution < -0.4 is 11.1 Å². The third-order valence-electron chi connectivity index (χ3n) is 2.24. The quantitative estimate of drug-likeness (QED) is 0.621. The van der Waals surface area contributed by atoms with Crippen LogP contribution in [0.3, 0.4) is 0 Å². The molecule has 0 aliphatic rings. The molecular formula is C12H16N2O4. The van der Waals surface area contributed by atoms with Crippen molar-refractivity contribution in [2.45, 2.75) is 13.0 Å². The zero-order valence-electron chi connectivity index (χ0n) is 10.3. The van der Waals surface area contributed by atoms with E-state index in [2.05, 4.69) is 10.1 Å². The Hall–Kier alpha value is -2.24. The molecule has 1 aromatic carbocycles. The summed E-state index contributed by atoms with van der Waals surface area (Å²) in [4.78, 5) is 23.0. The molecule has 98 valence electrons. The lowest BCUT2D eigenvalue weighted by molar-refractivity contribution is -0.145. The fourth-order valence-electron chi connectivity index (χ4n) is 1.37. The molecule has 0 aliphatic carbocycles. The third-order valence-corrected chi connectivity index (χ3v) is 2.24. The highest BCUT2D eigenvalue weighted by atomic mass is 16.5. The minimum absolute atomic E-state index is 0.229. The Balaban J connectivity index is 2.92. The molecule has 0 aliphatic heterocycles. The van der Waals surface area contributed by atoms with Crippen molar-refractivity contribution in [1.29, 1.82) is 0 Å². The highest BCUT2D eigenvalue weighted by Crippen LogP contribution is 2.16. The molecule has 0 aromatic heterocycles. The number of ether oxygens (including phenoxy) is 2. The van der Waals surface area contributed by atoms with Crippen molar-refractivity contribution >= 4 is 17.7 Å². The van der Waals surface area contributed by atoms with Gasteiger partial charge in [0.1, 0.15) is 0 Å². The maximum atomic E-state index is 11.8. The van der Waals surface area contributed by atoms with Crippen LogP contribution in [-0.2, 0) is 14.3 Å². The van der Waals surface area contributed by atoms with Crippen molar-refractivity contribution < 1.29 is 19.1 Å². The number of nitrogen functional groups attached to an aromatic ring is 1. The van der Waals surface area contributed by atoms with Gasteiger partial charge in [-0.3, -0.25) is 0 Å². The van der Waals surface area contributed by atoms with E-state index in [0.29, 0.717) is 11.3 Å². The van der Waals surface area contributed by atoms with E-state index in [0.717, 1.165) is 0 Å². The first-order chi connectivity index (χ1) is 8.58. The summed E-state index contributed by atoms with van der Waals surface area (Å²) < 4.78 is 9.37. The molecule has 1 atom stereocenters. The van der Waals surface area contributed by atoms with E-state index in [1.54, 1.807) is 31.2 Å². The van der Waals surface area contributed by atoms with E-state index >= 15 is 0 Å². The van der Waals surface area contributed by atoms with Crippen molar-refractivity contribution in [1.82, 2.24) is 5.32 Å². The standard InChI is InChI=1S/C12H16N2O4/c1-3-18-11(15)10(14-12(16)17-2)8-4-6-9(13)7-5-8/h4-7,10H,3,13H2,1-2H3,(H,14,16). The van der Waals surface area contributed by atoms with E-state index in [-0.39, 0.29) is 6.61 Å².